The SMILES string of the molecule is CN1CCN(C(=O)c2ccc(Br)c(C(F)(F)F)c2)CC1. The van der Waals surface area contributed by atoms with E-state index in [2.05, 4.69) is 20.8 Å². The summed E-state index contributed by atoms with van der Waals surface area (Å²) in [4.78, 5) is 15.9. The molecule has 1 aromatic rings. The lowest BCUT2D eigenvalue weighted by Gasteiger charge is -2.32. The number of piperazine rings is 1. The van der Waals surface area contributed by atoms with Gasteiger partial charge >= 0.3 is 6.18 Å². The maximum atomic E-state index is 12.8. The van der Waals surface area contributed by atoms with Gasteiger partial charge in [-0.15, -0.1) is 0 Å². The molecule has 1 fully saturated rings. The molecule has 1 aliphatic heterocycles. The Morgan fingerprint density at radius 2 is 1.80 bits per heavy atom. The molecule has 0 aliphatic carbocycles. The molecule has 0 atom stereocenters. The highest BCUT2D eigenvalue weighted by Gasteiger charge is 2.34. The summed E-state index contributed by atoms with van der Waals surface area (Å²) in [6, 6.07) is 3.59. The van der Waals surface area contributed by atoms with Crippen molar-refractivity contribution in [1.82, 2.24) is 9.80 Å². The van der Waals surface area contributed by atoms with Crippen LogP contribution in [-0.4, -0.2) is 48.9 Å². The zero-order valence-corrected chi connectivity index (χ0v) is 12.5. The molecule has 1 heterocycles. The number of benzene rings is 1. The van der Waals surface area contributed by atoms with E-state index in [1.54, 1.807) is 4.90 Å². The number of likely N-dealkylation sites (N-methyl/N-ethyl adjacent to an activating group) is 1. The zero-order chi connectivity index (χ0) is 14.9. The summed E-state index contributed by atoms with van der Waals surface area (Å²) in [5.74, 6) is -0.351. The summed E-state index contributed by atoms with van der Waals surface area (Å²) < 4.78 is 38.4. The van der Waals surface area contributed by atoms with E-state index in [1.165, 1.54) is 12.1 Å². The molecular formula is C13H14BrF3N2O. The lowest BCUT2D eigenvalue weighted by atomic mass is 10.1. The van der Waals surface area contributed by atoms with E-state index < -0.39 is 11.7 Å². The molecule has 0 saturated carbocycles. The van der Waals surface area contributed by atoms with E-state index in [0.717, 1.165) is 19.2 Å². The van der Waals surface area contributed by atoms with E-state index in [4.69, 9.17) is 0 Å². The van der Waals surface area contributed by atoms with Crippen LogP contribution in [0, 0.1) is 0 Å². The summed E-state index contributed by atoms with van der Waals surface area (Å²) in [7, 11) is 1.95. The molecular weight excluding hydrogens is 337 g/mol. The first-order valence-electron chi connectivity index (χ1n) is 6.13. The summed E-state index contributed by atoms with van der Waals surface area (Å²) in [5, 5.41) is 0. The first kappa shape index (κ1) is 15.3. The normalized spacial score (nSPS) is 17.4. The second kappa shape index (κ2) is 5.73. The Balaban J connectivity index is 2.23. The van der Waals surface area contributed by atoms with Crippen LogP contribution >= 0.6 is 15.9 Å². The molecule has 0 spiro atoms. The third kappa shape index (κ3) is 3.32. The standard InChI is InChI=1S/C13H14BrF3N2O/c1-18-4-6-19(7-5-18)12(20)9-2-3-11(14)10(8-9)13(15,16)17/h2-3,8H,4-7H2,1H3. The molecule has 1 aliphatic rings. The molecule has 110 valence electrons. The highest BCUT2D eigenvalue weighted by molar-refractivity contribution is 9.10. The second-order valence-corrected chi connectivity index (χ2v) is 5.64. The third-order valence-electron chi connectivity index (χ3n) is 3.31. The molecule has 2 rings (SSSR count). The first-order chi connectivity index (χ1) is 9.29. The van der Waals surface area contributed by atoms with Gasteiger partial charge in [-0.3, -0.25) is 4.79 Å². The number of rotatable bonds is 1. The minimum Gasteiger partial charge on any atom is -0.336 e. The molecule has 1 aromatic carbocycles. The van der Waals surface area contributed by atoms with Crippen LogP contribution in [0.1, 0.15) is 15.9 Å². The summed E-state index contributed by atoms with van der Waals surface area (Å²) >= 11 is 2.87. The molecule has 1 amide bonds. The Bertz CT molecular complexity index is 511. The van der Waals surface area contributed by atoms with E-state index in [9.17, 15) is 18.0 Å². The molecule has 7 heteroatoms. The van der Waals surface area contributed by atoms with Gasteiger partial charge in [0, 0.05) is 36.2 Å². The van der Waals surface area contributed by atoms with E-state index in [-0.39, 0.29) is 15.9 Å². The van der Waals surface area contributed by atoms with Crippen LogP contribution in [0.15, 0.2) is 22.7 Å². The monoisotopic (exact) mass is 350 g/mol. The number of amides is 1. The smallest absolute Gasteiger partial charge is 0.336 e. The fourth-order valence-corrected chi connectivity index (χ4v) is 2.54. The highest BCUT2D eigenvalue weighted by atomic mass is 79.9. The fourth-order valence-electron chi connectivity index (χ4n) is 2.07. The zero-order valence-electron chi connectivity index (χ0n) is 10.9. The quantitative estimate of drug-likeness (QED) is 0.777. The molecule has 0 bridgehead atoms. The first-order valence-corrected chi connectivity index (χ1v) is 6.93. The Kier molecular flexibility index (Phi) is 4.39. The number of halogens is 4. The summed E-state index contributed by atoms with van der Waals surface area (Å²) in [5.41, 5.74) is -0.748. The highest BCUT2D eigenvalue weighted by Crippen LogP contribution is 2.35. The van der Waals surface area contributed by atoms with Gasteiger partial charge in [0.15, 0.2) is 0 Å². The van der Waals surface area contributed by atoms with Gasteiger partial charge < -0.3 is 9.80 Å². The number of alkyl halides is 3. The van der Waals surface area contributed by atoms with Crippen molar-refractivity contribution in [3.63, 3.8) is 0 Å². The molecule has 1 saturated heterocycles. The lowest BCUT2D eigenvalue weighted by molar-refractivity contribution is -0.138. The number of carbonyl (C=O) groups is 1. The van der Waals surface area contributed by atoms with Crippen molar-refractivity contribution in [2.45, 2.75) is 6.18 Å². The molecule has 0 N–H and O–H groups in total. The fraction of sp³-hybridized carbons (Fsp3) is 0.462. The van der Waals surface area contributed by atoms with E-state index >= 15 is 0 Å². The van der Waals surface area contributed by atoms with Crippen LogP contribution in [0.2, 0.25) is 0 Å². The van der Waals surface area contributed by atoms with Crippen molar-refractivity contribution in [3.8, 4) is 0 Å². The molecule has 0 radical (unpaired) electrons. The maximum absolute atomic E-state index is 12.8. The van der Waals surface area contributed by atoms with Crippen LogP contribution in [0.5, 0.6) is 0 Å². The van der Waals surface area contributed by atoms with Gasteiger partial charge in [-0.2, -0.15) is 13.2 Å². The minimum atomic E-state index is -4.47. The van der Waals surface area contributed by atoms with Gasteiger partial charge in [0.2, 0.25) is 0 Å². The Morgan fingerprint density at radius 1 is 1.20 bits per heavy atom. The number of hydrogen-bond acceptors (Lipinski definition) is 2. The van der Waals surface area contributed by atoms with E-state index in [1.807, 2.05) is 7.05 Å². The number of carbonyl (C=O) groups excluding carboxylic acids is 1. The molecule has 20 heavy (non-hydrogen) atoms. The Labute approximate surface area is 123 Å². The van der Waals surface area contributed by atoms with Gasteiger partial charge in [0.25, 0.3) is 5.91 Å². The van der Waals surface area contributed by atoms with Gasteiger partial charge in [0.05, 0.1) is 5.56 Å². The lowest BCUT2D eigenvalue weighted by Crippen LogP contribution is -2.47. The Morgan fingerprint density at radius 3 is 2.35 bits per heavy atom. The minimum absolute atomic E-state index is 0.0556. The predicted molar refractivity (Wildman–Crippen MR) is 72.5 cm³/mol. The van der Waals surface area contributed by atoms with Gasteiger partial charge in [-0.1, -0.05) is 15.9 Å². The van der Waals surface area contributed by atoms with Crippen LogP contribution < -0.4 is 0 Å². The van der Waals surface area contributed by atoms with Crippen molar-refractivity contribution in [2.24, 2.45) is 0 Å². The summed E-state index contributed by atoms with van der Waals surface area (Å²) in [6.45, 7) is 2.53. The summed E-state index contributed by atoms with van der Waals surface area (Å²) in [6.07, 6.45) is -4.47. The van der Waals surface area contributed by atoms with Crippen molar-refractivity contribution in [1.29, 1.82) is 0 Å². The number of hydrogen-bond donors (Lipinski definition) is 0. The topological polar surface area (TPSA) is 23.6 Å². The predicted octanol–water partition coefficient (Wildman–Crippen LogP) is 2.86. The maximum Gasteiger partial charge on any atom is 0.417 e. The van der Waals surface area contributed by atoms with Crippen LogP contribution in [-0.2, 0) is 6.18 Å². The van der Waals surface area contributed by atoms with Crippen LogP contribution in [0.4, 0.5) is 13.2 Å². The van der Waals surface area contributed by atoms with Crippen molar-refractivity contribution in [2.75, 3.05) is 33.2 Å². The molecule has 0 aromatic heterocycles. The largest absolute Gasteiger partial charge is 0.417 e. The van der Waals surface area contributed by atoms with Gasteiger partial charge in [-0.25, -0.2) is 0 Å². The van der Waals surface area contributed by atoms with Gasteiger partial charge in [-0.05, 0) is 25.2 Å². The second-order valence-electron chi connectivity index (χ2n) is 4.79. The third-order valence-corrected chi connectivity index (χ3v) is 4.00. The van der Waals surface area contributed by atoms with Crippen molar-refractivity contribution in [3.05, 3.63) is 33.8 Å². The Hall–Kier alpha value is -1.08. The average Bonchev–Trinajstić information content (AvgIpc) is 2.38. The number of nitrogens with zero attached hydrogens (tertiary/aromatic N) is 2. The van der Waals surface area contributed by atoms with E-state index in [0.29, 0.717) is 13.1 Å². The van der Waals surface area contributed by atoms with Crippen LogP contribution in [0.25, 0.3) is 0 Å². The molecule has 0 unspecified atom stereocenters. The van der Waals surface area contributed by atoms with Crippen molar-refractivity contribution < 1.29 is 18.0 Å². The average molecular weight is 351 g/mol. The molecule has 3 nitrogen and oxygen atoms in total. The van der Waals surface area contributed by atoms with Gasteiger partial charge in [0.1, 0.15) is 0 Å². The van der Waals surface area contributed by atoms with Crippen molar-refractivity contribution >= 4 is 21.8 Å². The van der Waals surface area contributed by atoms with Crippen LogP contribution in [0.3, 0.4) is 0 Å².